The van der Waals surface area contributed by atoms with Crippen LogP contribution in [0.2, 0.25) is 0 Å². The molecule has 0 radical (unpaired) electrons. The quantitative estimate of drug-likeness (QED) is 0.851. The van der Waals surface area contributed by atoms with Crippen LogP contribution in [0.4, 0.5) is 5.69 Å². The minimum absolute atomic E-state index is 0.0661. The van der Waals surface area contributed by atoms with Crippen LogP contribution in [0.25, 0.3) is 6.08 Å². The van der Waals surface area contributed by atoms with Gasteiger partial charge in [0.25, 0.3) is 5.91 Å². The number of carboxylic acid groups (broad SMARTS) is 1. The van der Waals surface area contributed by atoms with Gasteiger partial charge in [-0.1, -0.05) is 23.9 Å². The number of nitrogens with zero attached hydrogens (tertiary/aromatic N) is 2. The number of hydrogen-bond acceptors (Lipinski definition) is 5. The number of carbonyl (C=O) groups excluding carboxylic acids is 1. The maximum absolute atomic E-state index is 12.7. The number of ether oxygens (including phenoxy) is 1. The van der Waals surface area contributed by atoms with Crippen molar-refractivity contribution >= 4 is 29.4 Å². The molecular formula is C19H15N2O5-. The molecule has 26 heavy (non-hydrogen) atoms. The number of benzene rings is 2. The minimum atomic E-state index is -1.08. The molecule has 1 N–H and O–H groups in total. The van der Waals surface area contributed by atoms with Gasteiger partial charge in [-0.05, 0) is 42.8 Å². The van der Waals surface area contributed by atoms with Crippen LogP contribution in [0, 0.1) is 0 Å². The summed E-state index contributed by atoms with van der Waals surface area (Å²) in [5.74, 6) is -1.52. The smallest absolute Gasteiger partial charge is 0.335 e. The number of methoxy groups -OCH3 is 1. The van der Waals surface area contributed by atoms with Crippen LogP contribution in [0.15, 0.2) is 53.1 Å². The molecule has 0 bridgehead atoms. The van der Waals surface area contributed by atoms with E-state index in [-0.39, 0.29) is 23.0 Å². The van der Waals surface area contributed by atoms with E-state index in [4.69, 9.17) is 9.84 Å². The van der Waals surface area contributed by atoms with E-state index in [2.05, 4.69) is 5.10 Å². The van der Waals surface area contributed by atoms with Crippen molar-refractivity contribution in [3.63, 3.8) is 0 Å². The van der Waals surface area contributed by atoms with Crippen molar-refractivity contribution in [3.05, 3.63) is 59.2 Å². The van der Waals surface area contributed by atoms with E-state index in [0.717, 1.165) is 5.01 Å². The Hall–Kier alpha value is -3.61. The van der Waals surface area contributed by atoms with Crippen molar-refractivity contribution in [2.45, 2.75) is 6.92 Å². The maximum Gasteiger partial charge on any atom is 0.335 e. The monoisotopic (exact) mass is 351 g/mol. The number of amides is 1. The highest BCUT2D eigenvalue weighted by Crippen LogP contribution is 2.28. The molecule has 0 saturated carbocycles. The van der Waals surface area contributed by atoms with Gasteiger partial charge in [0.1, 0.15) is 5.75 Å². The Bertz CT molecular complexity index is 962. The van der Waals surface area contributed by atoms with Gasteiger partial charge in [-0.25, -0.2) is 4.79 Å². The van der Waals surface area contributed by atoms with E-state index in [1.54, 1.807) is 37.3 Å². The second-order valence-electron chi connectivity index (χ2n) is 5.63. The van der Waals surface area contributed by atoms with E-state index in [1.807, 2.05) is 0 Å². The van der Waals surface area contributed by atoms with Gasteiger partial charge in [0.15, 0.2) is 0 Å². The number of carbonyl (C=O) groups is 2. The van der Waals surface area contributed by atoms with E-state index in [1.165, 1.54) is 25.3 Å². The topological polar surface area (TPSA) is 102 Å². The van der Waals surface area contributed by atoms with E-state index >= 15 is 0 Å². The molecule has 132 valence electrons. The summed E-state index contributed by atoms with van der Waals surface area (Å²) < 4.78 is 5.01. The van der Waals surface area contributed by atoms with Gasteiger partial charge in [0.05, 0.1) is 29.6 Å². The second kappa shape index (κ2) is 6.72. The van der Waals surface area contributed by atoms with Crippen molar-refractivity contribution in [3.8, 4) is 11.5 Å². The Labute approximate surface area is 149 Å². The summed E-state index contributed by atoms with van der Waals surface area (Å²) in [6.45, 7) is 1.68. The molecule has 1 heterocycles. The molecule has 0 spiro atoms. The molecule has 0 atom stereocenters. The van der Waals surface area contributed by atoms with Gasteiger partial charge in [-0.2, -0.15) is 10.1 Å². The minimum Gasteiger partial charge on any atom is -0.870 e. The first-order valence-electron chi connectivity index (χ1n) is 7.71. The average molecular weight is 351 g/mol. The van der Waals surface area contributed by atoms with Gasteiger partial charge in [-0.3, -0.25) is 4.79 Å². The van der Waals surface area contributed by atoms with Crippen LogP contribution in [-0.2, 0) is 4.79 Å². The van der Waals surface area contributed by atoms with Gasteiger partial charge < -0.3 is 14.9 Å². The fourth-order valence-corrected chi connectivity index (χ4v) is 2.57. The Morgan fingerprint density at radius 2 is 2.04 bits per heavy atom. The maximum atomic E-state index is 12.7. The average Bonchev–Trinajstić information content (AvgIpc) is 2.91. The van der Waals surface area contributed by atoms with Crippen molar-refractivity contribution in [1.29, 1.82) is 0 Å². The predicted molar refractivity (Wildman–Crippen MR) is 94.4 cm³/mol. The fourth-order valence-electron chi connectivity index (χ4n) is 2.57. The molecule has 7 nitrogen and oxygen atoms in total. The van der Waals surface area contributed by atoms with Crippen molar-refractivity contribution in [2.75, 3.05) is 12.1 Å². The van der Waals surface area contributed by atoms with Crippen LogP contribution in [0.1, 0.15) is 22.8 Å². The summed E-state index contributed by atoms with van der Waals surface area (Å²) >= 11 is 0. The highest BCUT2D eigenvalue weighted by molar-refractivity contribution is 6.32. The van der Waals surface area contributed by atoms with Crippen LogP contribution in [0.3, 0.4) is 0 Å². The predicted octanol–water partition coefficient (Wildman–Crippen LogP) is 2.27. The summed E-state index contributed by atoms with van der Waals surface area (Å²) in [5.41, 5.74) is 1.90. The third-order valence-electron chi connectivity index (χ3n) is 3.90. The lowest BCUT2D eigenvalue weighted by molar-refractivity contribution is -0.270. The molecule has 0 saturated heterocycles. The van der Waals surface area contributed by atoms with Crippen LogP contribution in [-0.4, -0.2) is 29.8 Å². The second-order valence-corrected chi connectivity index (χ2v) is 5.63. The molecule has 7 heteroatoms. The van der Waals surface area contributed by atoms with Gasteiger partial charge in [0.2, 0.25) is 0 Å². The molecule has 1 aliphatic rings. The number of aromatic carboxylic acids is 1. The molecule has 2 aromatic rings. The zero-order valence-electron chi connectivity index (χ0n) is 14.1. The Balaban J connectivity index is 1.95. The summed E-state index contributed by atoms with van der Waals surface area (Å²) in [5, 5.41) is 26.1. The lowest BCUT2D eigenvalue weighted by Crippen LogP contribution is -2.21. The molecule has 0 fully saturated rings. The standard InChI is InChI=1S/C19H16N2O5/c1-11-15(8-12-6-7-16(22)17(9-12)26-2)18(23)21(20-11)14-5-3-4-13(10-14)19(24)25/h3-10,22H,1-2H3,(H,24,25)/p-1/b15-8+. The van der Waals surface area contributed by atoms with E-state index in [9.17, 15) is 14.7 Å². The largest absolute Gasteiger partial charge is 0.870 e. The van der Waals surface area contributed by atoms with Gasteiger partial charge in [-0.15, -0.1) is 0 Å². The molecule has 0 aromatic heterocycles. The van der Waals surface area contributed by atoms with E-state index in [0.29, 0.717) is 22.5 Å². The summed E-state index contributed by atoms with van der Waals surface area (Å²) in [7, 11) is 1.40. The SMILES string of the molecule is COc1cc(/C=C2/C(=O)N(c3cccc(C(=O)O)c3)N=C2C)ccc1[O-]. The van der Waals surface area contributed by atoms with Gasteiger partial charge in [0, 0.05) is 0 Å². The molecule has 1 aliphatic heterocycles. The highest BCUT2D eigenvalue weighted by Gasteiger charge is 2.29. The third-order valence-corrected chi connectivity index (χ3v) is 3.90. The molecule has 3 rings (SSSR count). The summed E-state index contributed by atoms with van der Waals surface area (Å²) in [6, 6.07) is 10.5. The molecule has 0 unspecified atom stereocenters. The van der Waals surface area contributed by atoms with E-state index < -0.39 is 5.97 Å². The van der Waals surface area contributed by atoms with Crippen LogP contribution in [0.5, 0.6) is 11.5 Å². The van der Waals surface area contributed by atoms with Crippen LogP contribution >= 0.6 is 0 Å². The van der Waals surface area contributed by atoms with Gasteiger partial charge >= 0.3 is 5.97 Å². The summed E-state index contributed by atoms with van der Waals surface area (Å²) in [6.07, 6.45) is 1.62. The molecule has 1 amide bonds. The number of carboxylic acids is 1. The lowest BCUT2D eigenvalue weighted by Gasteiger charge is -2.13. The van der Waals surface area contributed by atoms with Crippen LogP contribution < -0.4 is 14.9 Å². The van der Waals surface area contributed by atoms with Crippen molar-refractivity contribution < 1.29 is 24.5 Å². The Morgan fingerprint density at radius 1 is 1.27 bits per heavy atom. The zero-order valence-corrected chi connectivity index (χ0v) is 14.1. The number of hydrogen-bond donors (Lipinski definition) is 1. The summed E-state index contributed by atoms with van der Waals surface area (Å²) in [4.78, 5) is 23.8. The zero-order chi connectivity index (χ0) is 18.8. The van der Waals surface area contributed by atoms with Crippen molar-refractivity contribution in [2.24, 2.45) is 5.10 Å². The number of hydrazone groups is 1. The highest BCUT2D eigenvalue weighted by atomic mass is 16.5. The first-order valence-corrected chi connectivity index (χ1v) is 7.71. The molecule has 0 aliphatic carbocycles. The number of rotatable bonds is 4. The number of anilines is 1. The lowest BCUT2D eigenvalue weighted by atomic mass is 10.1. The third kappa shape index (κ3) is 3.14. The first-order chi connectivity index (χ1) is 12.4. The Morgan fingerprint density at radius 3 is 2.73 bits per heavy atom. The normalized spacial score (nSPS) is 15.3. The molecule has 2 aromatic carbocycles. The first kappa shape index (κ1) is 17.2. The van der Waals surface area contributed by atoms with Crippen molar-refractivity contribution in [1.82, 2.24) is 0 Å². The molecular weight excluding hydrogens is 336 g/mol. The fraction of sp³-hybridized carbons (Fsp3) is 0.105. The Kier molecular flexibility index (Phi) is 4.45.